The number of carboxylic acid groups (broad SMARTS) is 1. The first kappa shape index (κ1) is 13.7. The minimum Gasteiger partial charge on any atom is -0.478 e. The second kappa shape index (κ2) is 5.82. The van der Waals surface area contributed by atoms with Crippen LogP contribution >= 0.6 is 0 Å². The molecule has 0 bridgehead atoms. The van der Waals surface area contributed by atoms with Crippen molar-refractivity contribution in [3.63, 3.8) is 0 Å². The Balaban J connectivity index is 2.72. The summed E-state index contributed by atoms with van der Waals surface area (Å²) in [7, 11) is 0. The number of nitrogens with one attached hydrogen (secondary N) is 1. The molecule has 1 aromatic carbocycles. The van der Waals surface area contributed by atoms with E-state index in [0.717, 1.165) is 18.4 Å². The number of hydrogen-bond acceptors (Lipinski definition) is 2. The Bertz CT molecular complexity index is 386. The van der Waals surface area contributed by atoms with Crippen molar-refractivity contribution in [1.29, 1.82) is 0 Å². The van der Waals surface area contributed by atoms with Crippen LogP contribution in [0.15, 0.2) is 24.3 Å². The van der Waals surface area contributed by atoms with Crippen molar-refractivity contribution in [2.75, 3.05) is 0 Å². The van der Waals surface area contributed by atoms with E-state index in [-0.39, 0.29) is 5.54 Å². The fourth-order valence-corrected chi connectivity index (χ4v) is 1.93. The zero-order valence-electron chi connectivity index (χ0n) is 10.8. The monoisotopic (exact) mass is 235 g/mol. The first-order valence-electron chi connectivity index (χ1n) is 6.02. The maximum Gasteiger partial charge on any atom is 0.336 e. The summed E-state index contributed by atoms with van der Waals surface area (Å²) >= 11 is 0. The minimum absolute atomic E-state index is 0.0420. The van der Waals surface area contributed by atoms with E-state index < -0.39 is 5.97 Å². The van der Waals surface area contributed by atoms with Crippen LogP contribution in [0.3, 0.4) is 0 Å². The summed E-state index contributed by atoms with van der Waals surface area (Å²) in [6.07, 6.45) is 2.18. The van der Waals surface area contributed by atoms with E-state index in [0.29, 0.717) is 12.1 Å². The van der Waals surface area contributed by atoms with Crippen molar-refractivity contribution in [3.05, 3.63) is 35.4 Å². The van der Waals surface area contributed by atoms with Crippen LogP contribution in [-0.2, 0) is 6.54 Å². The van der Waals surface area contributed by atoms with Gasteiger partial charge in [0.2, 0.25) is 0 Å². The van der Waals surface area contributed by atoms with Crippen LogP contribution in [-0.4, -0.2) is 16.6 Å². The molecule has 0 fully saturated rings. The summed E-state index contributed by atoms with van der Waals surface area (Å²) in [5.41, 5.74) is 1.26. The van der Waals surface area contributed by atoms with Gasteiger partial charge in [-0.2, -0.15) is 0 Å². The van der Waals surface area contributed by atoms with Gasteiger partial charge in [-0.15, -0.1) is 0 Å². The average molecular weight is 235 g/mol. The standard InChI is InChI=1S/C14H21NO2/c1-4-9-14(2,3)15-10-11-7-5-6-8-12(11)13(16)17/h5-8,15H,4,9-10H2,1-3H3,(H,16,17). The normalized spacial score (nSPS) is 11.5. The highest BCUT2D eigenvalue weighted by atomic mass is 16.4. The molecule has 2 N–H and O–H groups in total. The predicted octanol–water partition coefficient (Wildman–Crippen LogP) is 3.05. The van der Waals surface area contributed by atoms with Crippen molar-refractivity contribution in [3.8, 4) is 0 Å². The van der Waals surface area contributed by atoms with Crippen LogP contribution in [0.4, 0.5) is 0 Å². The Morgan fingerprint density at radius 2 is 2.00 bits per heavy atom. The summed E-state index contributed by atoms with van der Waals surface area (Å²) in [6, 6.07) is 7.13. The zero-order chi connectivity index (χ0) is 12.9. The van der Waals surface area contributed by atoms with E-state index in [4.69, 9.17) is 5.11 Å². The van der Waals surface area contributed by atoms with Gasteiger partial charge >= 0.3 is 5.97 Å². The predicted molar refractivity (Wildman–Crippen MR) is 69.2 cm³/mol. The molecule has 0 unspecified atom stereocenters. The molecule has 0 spiro atoms. The van der Waals surface area contributed by atoms with Crippen molar-refractivity contribution in [1.82, 2.24) is 5.32 Å². The third-order valence-corrected chi connectivity index (χ3v) is 2.88. The molecule has 17 heavy (non-hydrogen) atoms. The molecule has 94 valence electrons. The smallest absolute Gasteiger partial charge is 0.336 e. The highest BCUT2D eigenvalue weighted by Gasteiger charge is 2.17. The Morgan fingerprint density at radius 1 is 1.35 bits per heavy atom. The summed E-state index contributed by atoms with van der Waals surface area (Å²) in [4.78, 5) is 11.0. The quantitative estimate of drug-likeness (QED) is 0.796. The number of benzene rings is 1. The maximum absolute atomic E-state index is 11.0. The second-order valence-corrected chi connectivity index (χ2v) is 4.95. The SMILES string of the molecule is CCCC(C)(C)NCc1ccccc1C(=O)O. The molecule has 1 rings (SSSR count). The molecule has 0 aliphatic rings. The van der Waals surface area contributed by atoms with Crippen LogP contribution in [0.25, 0.3) is 0 Å². The highest BCUT2D eigenvalue weighted by Crippen LogP contribution is 2.14. The van der Waals surface area contributed by atoms with Gasteiger partial charge in [0, 0.05) is 12.1 Å². The molecule has 0 heterocycles. The van der Waals surface area contributed by atoms with E-state index >= 15 is 0 Å². The van der Waals surface area contributed by atoms with Crippen LogP contribution in [0.2, 0.25) is 0 Å². The van der Waals surface area contributed by atoms with Crippen molar-refractivity contribution < 1.29 is 9.90 Å². The fourth-order valence-electron chi connectivity index (χ4n) is 1.93. The lowest BCUT2D eigenvalue weighted by Gasteiger charge is -2.26. The highest BCUT2D eigenvalue weighted by molar-refractivity contribution is 5.89. The van der Waals surface area contributed by atoms with Crippen LogP contribution < -0.4 is 5.32 Å². The Morgan fingerprint density at radius 3 is 2.59 bits per heavy atom. The Labute approximate surface area is 103 Å². The molecule has 3 heteroatoms. The van der Waals surface area contributed by atoms with Gasteiger partial charge in [0.1, 0.15) is 0 Å². The molecule has 3 nitrogen and oxygen atoms in total. The largest absolute Gasteiger partial charge is 0.478 e. The van der Waals surface area contributed by atoms with Gasteiger partial charge in [0.25, 0.3) is 0 Å². The molecule has 0 radical (unpaired) electrons. The average Bonchev–Trinajstić information content (AvgIpc) is 2.27. The number of aromatic carboxylic acids is 1. The maximum atomic E-state index is 11.0. The lowest BCUT2D eigenvalue weighted by molar-refractivity contribution is 0.0695. The van der Waals surface area contributed by atoms with E-state index in [2.05, 4.69) is 26.1 Å². The third-order valence-electron chi connectivity index (χ3n) is 2.88. The summed E-state index contributed by atoms with van der Waals surface area (Å²) in [5, 5.41) is 12.5. The molecule has 1 aromatic rings. The Hall–Kier alpha value is -1.35. The number of carbonyl (C=O) groups is 1. The first-order chi connectivity index (χ1) is 7.96. The molecule has 0 saturated carbocycles. The van der Waals surface area contributed by atoms with Gasteiger partial charge in [-0.05, 0) is 31.9 Å². The van der Waals surface area contributed by atoms with E-state index in [1.54, 1.807) is 12.1 Å². The summed E-state index contributed by atoms with van der Waals surface area (Å²) < 4.78 is 0. The van der Waals surface area contributed by atoms with Gasteiger partial charge in [0.15, 0.2) is 0 Å². The van der Waals surface area contributed by atoms with Crippen molar-refractivity contribution in [2.45, 2.75) is 45.7 Å². The van der Waals surface area contributed by atoms with Gasteiger partial charge in [0.05, 0.1) is 5.56 Å². The second-order valence-electron chi connectivity index (χ2n) is 4.95. The lowest BCUT2D eigenvalue weighted by atomic mass is 9.98. The molecular weight excluding hydrogens is 214 g/mol. The summed E-state index contributed by atoms with van der Waals surface area (Å²) in [6.45, 7) is 7.02. The fraction of sp³-hybridized carbons (Fsp3) is 0.500. The molecule has 0 saturated heterocycles. The van der Waals surface area contributed by atoms with E-state index in [1.807, 2.05) is 12.1 Å². The molecule has 0 amide bonds. The number of carboxylic acids is 1. The number of rotatable bonds is 6. The molecular formula is C14H21NO2. The van der Waals surface area contributed by atoms with Crippen molar-refractivity contribution >= 4 is 5.97 Å². The molecule has 0 aliphatic carbocycles. The van der Waals surface area contributed by atoms with Gasteiger partial charge < -0.3 is 10.4 Å². The van der Waals surface area contributed by atoms with E-state index in [9.17, 15) is 4.79 Å². The zero-order valence-corrected chi connectivity index (χ0v) is 10.8. The number of hydrogen-bond donors (Lipinski definition) is 2. The van der Waals surface area contributed by atoms with Crippen LogP contribution in [0, 0.1) is 0 Å². The van der Waals surface area contributed by atoms with E-state index in [1.165, 1.54) is 0 Å². The third kappa shape index (κ3) is 4.19. The van der Waals surface area contributed by atoms with Gasteiger partial charge in [-0.1, -0.05) is 31.5 Å². The molecule has 0 atom stereocenters. The minimum atomic E-state index is -0.865. The van der Waals surface area contributed by atoms with Gasteiger partial charge in [-0.25, -0.2) is 4.79 Å². The van der Waals surface area contributed by atoms with Crippen LogP contribution in [0.5, 0.6) is 0 Å². The van der Waals surface area contributed by atoms with Gasteiger partial charge in [-0.3, -0.25) is 0 Å². The summed E-state index contributed by atoms with van der Waals surface area (Å²) in [5.74, 6) is -0.865. The van der Waals surface area contributed by atoms with Crippen molar-refractivity contribution in [2.24, 2.45) is 0 Å². The Kier molecular flexibility index (Phi) is 4.70. The van der Waals surface area contributed by atoms with Crippen LogP contribution in [0.1, 0.15) is 49.5 Å². The topological polar surface area (TPSA) is 49.3 Å². The molecule has 0 aliphatic heterocycles. The molecule has 0 aromatic heterocycles. The lowest BCUT2D eigenvalue weighted by Crippen LogP contribution is -2.38. The first-order valence-corrected chi connectivity index (χ1v) is 6.02.